The van der Waals surface area contributed by atoms with Gasteiger partial charge in [0, 0.05) is 34.7 Å². The SMILES string of the molecule is CC(C)c1ncc2c(c1F)CN([C@H]1C(C)(C)[C@H](Oc3ccc(C#N)c(Cl)c3)C1(C)C)C2=O. The average molecular weight is 456 g/mol. The van der Waals surface area contributed by atoms with E-state index in [1.807, 2.05) is 19.9 Å². The molecule has 2 aliphatic rings. The topological polar surface area (TPSA) is 66.2 Å². The van der Waals surface area contributed by atoms with Gasteiger partial charge in [0.25, 0.3) is 5.91 Å². The van der Waals surface area contributed by atoms with Gasteiger partial charge in [-0.15, -0.1) is 0 Å². The molecule has 0 radical (unpaired) electrons. The number of halogens is 2. The lowest BCUT2D eigenvalue weighted by Gasteiger charge is -2.65. The third-order valence-corrected chi connectivity index (χ3v) is 7.21. The maximum Gasteiger partial charge on any atom is 0.256 e. The summed E-state index contributed by atoms with van der Waals surface area (Å²) in [6.45, 7) is 12.2. The van der Waals surface area contributed by atoms with Crippen LogP contribution < -0.4 is 4.74 Å². The number of carbonyl (C=O) groups is 1. The first kappa shape index (κ1) is 22.5. The lowest BCUT2D eigenvalue weighted by molar-refractivity contribution is -0.199. The highest BCUT2D eigenvalue weighted by Gasteiger charge is 2.67. The summed E-state index contributed by atoms with van der Waals surface area (Å²) in [4.78, 5) is 19.2. The van der Waals surface area contributed by atoms with Crippen LogP contribution in [0.15, 0.2) is 24.4 Å². The Hall–Kier alpha value is -2.65. The zero-order valence-electron chi connectivity index (χ0n) is 19.2. The lowest BCUT2D eigenvalue weighted by Crippen LogP contribution is -2.74. The van der Waals surface area contributed by atoms with Crippen molar-refractivity contribution < 1.29 is 13.9 Å². The van der Waals surface area contributed by atoms with E-state index in [0.717, 1.165) is 0 Å². The highest BCUT2D eigenvalue weighted by atomic mass is 35.5. The van der Waals surface area contributed by atoms with Crippen molar-refractivity contribution in [2.24, 2.45) is 10.8 Å². The molecule has 1 aliphatic carbocycles. The largest absolute Gasteiger partial charge is 0.489 e. The minimum Gasteiger partial charge on any atom is -0.489 e. The number of nitriles is 1. The van der Waals surface area contributed by atoms with Gasteiger partial charge in [-0.25, -0.2) is 4.39 Å². The molecule has 1 saturated carbocycles. The van der Waals surface area contributed by atoms with Crippen LogP contribution in [-0.4, -0.2) is 27.9 Å². The molecule has 1 aromatic heterocycles. The molecule has 1 aromatic carbocycles. The van der Waals surface area contributed by atoms with Crippen molar-refractivity contribution in [2.75, 3.05) is 0 Å². The molecular formula is C25H27ClFN3O2. The fourth-order valence-electron chi connectivity index (χ4n) is 5.90. The van der Waals surface area contributed by atoms with Crippen LogP contribution in [0.4, 0.5) is 4.39 Å². The van der Waals surface area contributed by atoms with Gasteiger partial charge in [0.2, 0.25) is 0 Å². The van der Waals surface area contributed by atoms with Crippen molar-refractivity contribution in [3.05, 3.63) is 57.6 Å². The molecule has 1 aliphatic heterocycles. The molecule has 5 nitrogen and oxygen atoms in total. The number of amides is 1. The maximum absolute atomic E-state index is 15.1. The highest BCUT2D eigenvalue weighted by Crippen LogP contribution is 2.59. The van der Waals surface area contributed by atoms with Gasteiger partial charge >= 0.3 is 0 Å². The molecule has 0 saturated heterocycles. The Morgan fingerprint density at radius 3 is 2.50 bits per heavy atom. The normalized spacial score (nSPS) is 23.0. The third kappa shape index (κ3) is 3.17. The van der Waals surface area contributed by atoms with Crippen LogP contribution in [0.25, 0.3) is 0 Å². The van der Waals surface area contributed by atoms with Crippen LogP contribution in [-0.2, 0) is 6.54 Å². The Morgan fingerprint density at radius 1 is 1.28 bits per heavy atom. The van der Waals surface area contributed by atoms with Crippen molar-refractivity contribution in [3.8, 4) is 11.8 Å². The van der Waals surface area contributed by atoms with Crippen LogP contribution in [0.1, 0.15) is 74.6 Å². The molecule has 1 amide bonds. The van der Waals surface area contributed by atoms with Gasteiger partial charge < -0.3 is 9.64 Å². The van der Waals surface area contributed by atoms with Crippen molar-refractivity contribution in [2.45, 2.75) is 66.2 Å². The molecule has 0 unspecified atom stereocenters. The summed E-state index contributed by atoms with van der Waals surface area (Å²) >= 11 is 6.17. The minimum absolute atomic E-state index is 0.0573. The second kappa shape index (κ2) is 7.45. The van der Waals surface area contributed by atoms with E-state index in [1.165, 1.54) is 6.20 Å². The summed E-state index contributed by atoms with van der Waals surface area (Å²) in [6.07, 6.45) is 1.30. The Bertz CT molecular complexity index is 1140. The van der Waals surface area contributed by atoms with Crippen LogP contribution in [0, 0.1) is 28.0 Å². The lowest BCUT2D eigenvalue weighted by atomic mass is 9.49. The molecule has 1 fully saturated rings. The number of ether oxygens (including phenoxy) is 1. The predicted octanol–water partition coefficient (Wildman–Crippen LogP) is 5.71. The zero-order valence-corrected chi connectivity index (χ0v) is 19.9. The van der Waals surface area contributed by atoms with Gasteiger partial charge in [0.05, 0.1) is 28.4 Å². The fourth-order valence-corrected chi connectivity index (χ4v) is 6.11. The van der Waals surface area contributed by atoms with Gasteiger partial charge in [-0.1, -0.05) is 53.1 Å². The number of pyridine rings is 1. The Balaban J connectivity index is 1.62. The fraction of sp³-hybridized carbons (Fsp3) is 0.480. The average Bonchev–Trinajstić information content (AvgIpc) is 3.02. The predicted molar refractivity (Wildman–Crippen MR) is 120 cm³/mol. The number of fused-ring (bicyclic) bond motifs is 1. The van der Waals surface area contributed by atoms with E-state index >= 15 is 4.39 Å². The molecule has 0 bridgehead atoms. The summed E-state index contributed by atoms with van der Waals surface area (Å²) in [5, 5.41) is 9.43. The van der Waals surface area contributed by atoms with E-state index in [4.69, 9.17) is 21.6 Å². The highest BCUT2D eigenvalue weighted by molar-refractivity contribution is 6.31. The number of hydrogen-bond acceptors (Lipinski definition) is 4. The van der Waals surface area contributed by atoms with Gasteiger partial charge in [-0.2, -0.15) is 5.26 Å². The first-order valence-corrected chi connectivity index (χ1v) is 11.1. The molecule has 0 spiro atoms. The number of hydrogen-bond donors (Lipinski definition) is 0. The van der Waals surface area contributed by atoms with E-state index in [2.05, 4.69) is 32.7 Å². The maximum atomic E-state index is 15.1. The van der Waals surface area contributed by atoms with Gasteiger partial charge in [-0.3, -0.25) is 9.78 Å². The van der Waals surface area contributed by atoms with Crippen molar-refractivity contribution in [1.29, 1.82) is 5.26 Å². The smallest absolute Gasteiger partial charge is 0.256 e. The molecular weight excluding hydrogens is 429 g/mol. The van der Waals surface area contributed by atoms with Crippen LogP contribution in [0.2, 0.25) is 5.02 Å². The second-order valence-corrected chi connectivity index (χ2v) is 10.6. The molecule has 2 heterocycles. The quantitative estimate of drug-likeness (QED) is 0.592. The summed E-state index contributed by atoms with van der Waals surface area (Å²) in [7, 11) is 0. The van der Waals surface area contributed by atoms with Crippen molar-refractivity contribution >= 4 is 17.5 Å². The first-order chi connectivity index (χ1) is 14.9. The monoisotopic (exact) mass is 455 g/mol. The number of carbonyl (C=O) groups excluding carboxylic acids is 1. The van der Waals surface area contributed by atoms with E-state index in [0.29, 0.717) is 33.2 Å². The molecule has 0 N–H and O–H groups in total. The minimum atomic E-state index is -0.396. The van der Waals surface area contributed by atoms with Gasteiger partial charge in [0.1, 0.15) is 17.9 Å². The van der Waals surface area contributed by atoms with E-state index in [1.54, 1.807) is 23.1 Å². The van der Waals surface area contributed by atoms with Crippen LogP contribution >= 0.6 is 11.6 Å². The van der Waals surface area contributed by atoms with E-state index in [9.17, 15) is 4.79 Å². The molecule has 32 heavy (non-hydrogen) atoms. The van der Waals surface area contributed by atoms with Gasteiger partial charge in [0.15, 0.2) is 5.82 Å². The molecule has 2 aromatic rings. The molecule has 4 rings (SSSR count). The third-order valence-electron chi connectivity index (χ3n) is 6.90. The van der Waals surface area contributed by atoms with Crippen LogP contribution in [0.5, 0.6) is 5.75 Å². The molecule has 7 heteroatoms. The van der Waals surface area contributed by atoms with Gasteiger partial charge in [-0.05, 0) is 18.1 Å². The van der Waals surface area contributed by atoms with Crippen molar-refractivity contribution in [1.82, 2.24) is 9.88 Å². The summed E-state index contributed by atoms with van der Waals surface area (Å²) < 4.78 is 21.4. The van der Waals surface area contributed by atoms with E-state index < -0.39 is 10.8 Å². The summed E-state index contributed by atoms with van der Waals surface area (Å²) in [6, 6.07) is 6.90. The number of benzene rings is 1. The Morgan fingerprint density at radius 2 is 1.94 bits per heavy atom. The Kier molecular flexibility index (Phi) is 5.25. The van der Waals surface area contributed by atoms with Crippen molar-refractivity contribution in [3.63, 3.8) is 0 Å². The summed E-state index contributed by atoms with van der Waals surface area (Å²) in [5.74, 6) is -0.0412. The second-order valence-electron chi connectivity index (χ2n) is 10.2. The Labute approximate surface area is 193 Å². The number of rotatable bonds is 4. The number of aromatic nitrogens is 1. The number of nitrogens with zero attached hydrogens (tertiary/aromatic N) is 3. The molecule has 0 atom stereocenters. The van der Waals surface area contributed by atoms with E-state index in [-0.39, 0.29) is 36.3 Å². The first-order valence-electron chi connectivity index (χ1n) is 10.8. The zero-order chi connectivity index (χ0) is 23.6. The standard InChI is InChI=1S/C25H27ClFN3O2/c1-13(2)20-19(27)17-12-30(21(31)16(17)11-29-20)22-24(3,4)23(25(22,5)6)32-15-8-7-14(10-28)18(26)9-15/h7-9,11,13,22-23H,12H2,1-6H3/t22-,23-. The summed E-state index contributed by atoms with van der Waals surface area (Å²) in [5.41, 5.74) is 0.772. The molecule has 168 valence electrons. The van der Waals surface area contributed by atoms with Crippen LogP contribution in [0.3, 0.4) is 0 Å².